The van der Waals surface area contributed by atoms with Crippen molar-refractivity contribution in [2.45, 2.75) is 25.7 Å². The van der Waals surface area contributed by atoms with Crippen LogP contribution in [0.2, 0.25) is 0 Å². The van der Waals surface area contributed by atoms with E-state index in [4.69, 9.17) is 0 Å². The van der Waals surface area contributed by atoms with E-state index in [-0.39, 0.29) is 4.00 Å². The second kappa shape index (κ2) is 6.91. The average Bonchev–Trinajstić information content (AvgIpc) is 3.31. The number of hydrogen-bond donors (Lipinski definition) is 1. The van der Waals surface area contributed by atoms with Crippen molar-refractivity contribution in [2.24, 2.45) is 11.8 Å². The Balaban J connectivity index is 1.40. The van der Waals surface area contributed by atoms with Crippen LogP contribution in [0.5, 0.6) is 0 Å². The maximum atomic E-state index is 12.6. The maximum absolute atomic E-state index is 12.6. The lowest BCUT2D eigenvalue weighted by atomic mass is 9.82. The summed E-state index contributed by atoms with van der Waals surface area (Å²) in [6.45, 7) is 3.43. The average molecular weight is 424 g/mol. The number of rotatable bonds is 3. The van der Waals surface area contributed by atoms with Crippen LogP contribution >= 0.6 is 11.5 Å². The summed E-state index contributed by atoms with van der Waals surface area (Å²) in [5.74, 6) is 2.08. The van der Waals surface area contributed by atoms with Crippen LogP contribution in [-0.4, -0.2) is 65.6 Å². The Morgan fingerprint density at radius 3 is 2.36 bits per heavy atom. The van der Waals surface area contributed by atoms with E-state index in [1.54, 1.807) is 0 Å². The molecular formula is C19H27N4O3S2+. The molecule has 0 amide bonds. The van der Waals surface area contributed by atoms with Crippen LogP contribution in [0.3, 0.4) is 0 Å². The van der Waals surface area contributed by atoms with Crippen molar-refractivity contribution in [3.63, 3.8) is 0 Å². The van der Waals surface area contributed by atoms with Gasteiger partial charge in [0.1, 0.15) is 13.1 Å². The van der Waals surface area contributed by atoms with E-state index in [9.17, 15) is 13.0 Å². The molecule has 3 fully saturated rings. The van der Waals surface area contributed by atoms with Gasteiger partial charge in [-0.05, 0) is 48.3 Å². The number of fused-ring (bicyclic) bond motifs is 2. The van der Waals surface area contributed by atoms with Gasteiger partial charge in [0, 0.05) is 5.39 Å². The molecule has 3 heterocycles. The fourth-order valence-electron chi connectivity index (χ4n) is 5.43. The Hall–Kier alpha value is -1.26. The number of benzene rings is 1. The van der Waals surface area contributed by atoms with Crippen molar-refractivity contribution in [3.8, 4) is 0 Å². The molecule has 1 aromatic carbocycles. The SMILES string of the molecule is O=S(=O)(O)[N+]1(N2CC3CCCCC3C2)CCN(c2nsc3ccccc23)CC1. The minimum atomic E-state index is -4.23. The molecule has 2 unspecified atom stereocenters. The summed E-state index contributed by atoms with van der Waals surface area (Å²) in [6.07, 6.45) is 4.85. The highest BCUT2D eigenvalue weighted by Gasteiger charge is 2.54. The molecular weight excluding hydrogens is 396 g/mol. The van der Waals surface area contributed by atoms with Gasteiger partial charge in [0.15, 0.2) is 5.82 Å². The zero-order valence-corrected chi connectivity index (χ0v) is 17.5. The van der Waals surface area contributed by atoms with Gasteiger partial charge in [0.2, 0.25) is 0 Å². The summed E-state index contributed by atoms with van der Waals surface area (Å²) >= 11 is 1.48. The lowest BCUT2D eigenvalue weighted by molar-refractivity contribution is -0.930. The van der Waals surface area contributed by atoms with E-state index in [1.165, 1.54) is 37.2 Å². The number of hydrogen-bond acceptors (Lipinski definition) is 6. The van der Waals surface area contributed by atoms with Crippen LogP contribution in [0.15, 0.2) is 24.3 Å². The van der Waals surface area contributed by atoms with E-state index in [1.807, 2.05) is 17.1 Å². The third-order valence-corrected chi connectivity index (χ3v) is 9.27. The van der Waals surface area contributed by atoms with Crippen molar-refractivity contribution in [3.05, 3.63) is 24.3 Å². The lowest BCUT2D eigenvalue weighted by Gasteiger charge is -2.45. The van der Waals surface area contributed by atoms with Gasteiger partial charge in [0.25, 0.3) is 0 Å². The molecule has 1 aliphatic carbocycles. The zero-order valence-electron chi connectivity index (χ0n) is 15.9. The first-order chi connectivity index (χ1) is 13.5. The molecule has 2 aromatic rings. The van der Waals surface area contributed by atoms with Crippen LogP contribution < -0.4 is 4.90 Å². The van der Waals surface area contributed by atoms with E-state index >= 15 is 0 Å². The molecule has 2 aliphatic heterocycles. The first-order valence-electron chi connectivity index (χ1n) is 10.2. The summed E-state index contributed by atoms with van der Waals surface area (Å²) in [5, 5.41) is 3.17. The van der Waals surface area contributed by atoms with Crippen LogP contribution in [0.1, 0.15) is 25.7 Å². The first-order valence-corrected chi connectivity index (χ1v) is 12.3. The normalized spacial score (nSPS) is 28.5. The summed E-state index contributed by atoms with van der Waals surface area (Å²) in [4.78, 5) is 2.17. The predicted octanol–water partition coefficient (Wildman–Crippen LogP) is 2.77. The Bertz CT molecular complexity index is 954. The molecule has 0 radical (unpaired) electrons. The van der Waals surface area contributed by atoms with Crippen molar-refractivity contribution in [1.29, 1.82) is 0 Å². The number of anilines is 1. The molecule has 5 rings (SSSR count). The van der Waals surface area contributed by atoms with Gasteiger partial charge in [-0.2, -0.15) is 4.37 Å². The second-order valence-electron chi connectivity index (χ2n) is 8.41. The largest absolute Gasteiger partial charge is 0.451 e. The molecule has 28 heavy (non-hydrogen) atoms. The first kappa shape index (κ1) is 18.7. The summed E-state index contributed by atoms with van der Waals surface area (Å²) in [5.41, 5.74) is 0. The topological polar surface area (TPSA) is 73.7 Å². The highest BCUT2D eigenvalue weighted by molar-refractivity contribution is 7.80. The third-order valence-electron chi connectivity index (χ3n) is 7.00. The molecule has 1 saturated carbocycles. The minimum absolute atomic E-state index is 0.307. The van der Waals surface area contributed by atoms with Gasteiger partial charge in [-0.1, -0.05) is 25.0 Å². The van der Waals surface area contributed by atoms with Gasteiger partial charge in [-0.15, -0.1) is 17.4 Å². The molecule has 0 spiro atoms. The Labute approximate surface area is 170 Å². The van der Waals surface area contributed by atoms with Crippen LogP contribution in [0, 0.1) is 11.8 Å². The molecule has 9 heteroatoms. The summed E-state index contributed by atoms with van der Waals surface area (Å²) < 4.78 is 40.8. The molecule has 152 valence electrons. The molecule has 0 bridgehead atoms. The molecule has 2 saturated heterocycles. The summed E-state index contributed by atoms with van der Waals surface area (Å²) in [6, 6.07) is 8.14. The van der Waals surface area contributed by atoms with Gasteiger partial charge < -0.3 is 4.90 Å². The lowest BCUT2D eigenvalue weighted by Crippen LogP contribution is -2.69. The predicted molar refractivity (Wildman–Crippen MR) is 110 cm³/mol. The van der Waals surface area contributed by atoms with E-state index in [0.717, 1.165) is 29.0 Å². The Kier molecular flexibility index (Phi) is 4.63. The van der Waals surface area contributed by atoms with Crippen LogP contribution in [0.25, 0.3) is 10.1 Å². The molecule has 2 atom stereocenters. The highest BCUT2D eigenvalue weighted by atomic mass is 32.2. The number of piperazine rings is 1. The number of quaternary nitrogens is 1. The van der Waals surface area contributed by atoms with Crippen molar-refractivity contribution in [2.75, 3.05) is 44.2 Å². The molecule has 3 aliphatic rings. The smallest absolute Gasteiger partial charge is 0.344 e. The Morgan fingerprint density at radius 2 is 1.71 bits per heavy atom. The zero-order chi connectivity index (χ0) is 19.4. The number of nitrogens with zero attached hydrogens (tertiary/aromatic N) is 4. The third kappa shape index (κ3) is 2.95. The quantitative estimate of drug-likeness (QED) is 0.605. The van der Waals surface area contributed by atoms with Crippen LogP contribution in [-0.2, 0) is 10.3 Å². The standard InChI is InChI=1S/C19H26N4O3S2/c24-28(25,26)23(22-13-15-5-1-2-6-16(15)14-22)11-9-21(10-12-23)19-17-7-3-4-8-18(17)27-20-19/h3-4,7-8,15-16H,1-2,5-6,9-14H2/p+1. The minimum Gasteiger partial charge on any atom is -0.344 e. The van der Waals surface area contributed by atoms with Crippen molar-refractivity contribution < 1.29 is 17.0 Å². The summed E-state index contributed by atoms with van der Waals surface area (Å²) in [7, 11) is -4.23. The molecule has 7 nitrogen and oxygen atoms in total. The molecule has 1 N–H and O–H groups in total. The van der Waals surface area contributed by atoms with Crippen molar-refractivity contribution in [1.82, 2.24) is 9.38 Å². The second-order valence-corrected chi connectivity index (χ2v) is 10.8. The van der Waals surface area contributed by atoms with Gasteiger partial charge >= 0.3 is 10.3 Å². The monoisotopic (exact) mass is 423 g/mol. The van der Waals surface area contributed by atoms with E-state index in [2.05, 4.69) is 21.4 Å². The van der Waals surface area contributed by atoms with Gasteiger partial charge in [-0.25, -0.2) is 4.55 Å². The van der Waals surface area contributed by atoms with E-state index < -0.39 is 10.3 Å². The Morgan fingerprint density at radius 1 is 1.07 bits per heavy atom. The van der Waals surface area contributed by atoms with Gasteiger partial charge in [-0.3, -0.25) is 0 Å². The van der Waals surface area contributed by atoms with Crippen LogP contribution in [0.4, 0.5) is 5.82 Å². The van der Waals surface area contributed by atoms with Gasteiger partial charge in [0.05, 0.1) is 30.9 Å². The fraction of sp³-hybridized carbons (Fsp3) is 0.632. The maximum Gasteiger partial charge on any atom is 0.451 e. The number of aromatic nitrogens is 1. The fourth-order valence-corrected chi connectivity index (χ4v) is 7.27. The molecule has 1 aromatic heterocycles. The van der Waals surface area contributed by atoms with Crippen molar-refractivity contribution >= 4 is 37.7 Å². The highest BCUT2D eigenvalue weighted by Crippen LogP contribution is 2.40. The van der Waals surface area contributed by atoms with E-state index in [0.29, 0.717) is 38.0 Å².